The fourth-order valence-electron chi connectivity index (χ4n) is 2.27. The van der Waals surface area contributed by atoms with E-state index in [4.69, 9.17) is 9.15 Å². The Kier molecular flexibility index (Phi) is 4.12. The van der Waals surface area contributed by atoms with E-state index >= 15 is 0 Å². The predicted octanol–water partition coefficient (Wildman–Crippen LogP) is 3.87. The van der Waals surface area contributed by atoms with Crippen molar-refractivity contribution in [1.29, 1.82) is 0 Å². The van der Waals surface area contributed by atoms with Crippen LogP contribution in [0.3, 0.4) is 0 Å². The molecule has 3 rings (SSSR count). The maximum absolute atomic E-state index is 12.1. The number of hydrogen-bond donors (Lipinski definition) is 0. The van der Waals surface area contributed by atoms with Crippen LogP contribution < -0.4 is 0 Å². The van der Waals surface area contributed by atoms with Gasteiger partial charge in [-0.2, -0.15) is 0 Å². The summed E-state index contributed by atoms with van der Waals surface area (Å²) < 4.78 is 10.9. The molecule has 2 aromatic carbocycles. The summed E-state index contributed by atoms with van der Waals surface area (Å²) in [4.78, 5) is 12.1. The zero-order valence-electron chi connectivity index (χ0n) is 11.6. The summed E-state index contributed by atoms with van der Waals surface area (Å²) in [6, 6.07) is 17.6. The molecule has 0 aliphatic rings. The van der Waals surface area contributed by atoms with Crippen molar-refractivity contribution in [3.63, 3.8) is 0 Å². The van der Waals surface area contributed by atoms with Gasteiger partial charge in [-0.05, 0) is 18.1 Å². The van der Waals surface area contributed by atoms with Crippen molar-refractivity contribution in [1.82, 2.24) is 0 Å². The molecule has 0 saturated carbocycles. The molecule has 0 aliphatic carbocycles. The zero-order valence-corrected chi connectivity index (χ0v) is 11.6. The van der Waals surface area contributed by atoms with Gasteiger partial charge < -0.3 is 9.15 Å². The molecular formula is C18H16O3. The van der Waals surface area contributed by atoms with Crippen LogP contribution in [-0.2, 0) is 11.2 Å². The van der Waals surface area contributed by atoms with E-state index in [0.717, 1.165) is 17.4 Å². The number of hydrogen-bond acceptors (Lipinski definition) is 3. The molecule has 3 nitrogen and oxygen atoms in total. The molecule has 3 heteroatoms. The van der Waals surface area contributed by atoms with Gasteiger partial charge in [0, 0.05) is 5.39 Å². The van der Waals surface area contributed by atoms with E-state index < -0.39 is 0 Å². The summed E-state index contributed by atoms with van der Waals surface area (Å²) in [5.74, 6) is -0.0481. The minimum Gasteiger partial charge on any atom is -0.464 e. The van der Waals surface area contributed by atoms with Crippen molar-refractivity contribution in [3.05, 3.63) is 72.0 Å². The molecule has 0 amide bonds. The highest BCUT2D eigenvalue weighted by atomic mass is 16.5. The lowest BCUT2D eigenvalue weighted by molar-refractivity contribution is 0.0766. The maximum Gasteiger partial charge on any atom is 0.192 e. The third-order valence-electron chi connectivity index (χ3n) is 3.39. The first kappa shape index (κ1) is 13.6. The van der Waals surface area contributed by atoms with Gasteiger partial charge in [-0.15, -0.1) is 0 Å². The van der Waals surface area contributed by atoms with Crippen LogP contribution in [0.2, 0.25) is 0 Å². The summed E-state index contributed by atoms with van der Waals surface area (Å²) in [6.07, 6.45) is 2.31. The summed E-state index contributed by atoms with van der Waals surface area (Å²) in [6.45, 7) is 0.613. The molecule has 0 N–H and O–H groups in total. The van der Waals surface area contributed by atoms with E-state index in [9.17, 15) is 4.79 Å². The summed E-state index contributed by atoms with van der Waals surface area (Å²) in [5.41, 5.74) is 2.52. The SMILES string of the molecule is O=C(COCCc1ccccc1)c1coc2ccccc12. The maximum atomic E-state index is 12.1. The lowest BCUT2D eigenvalue weighted by Gasteiger charge is -2.03. The normalized spacial score (nSPS) is 10.9. The van der Waals surface area contributed by atoms with Crippen molar-refractivity contribution in [2.75, 3.05) is 13.2 Å². The first-order valence-electron chi connectivity index (χ1n) is 6.96. The number of furan rings is 1. The quantitative estimate of drug-likeness (QED) is 0.508. The molecule has 1 heterocycles. The topological polar surface area (TPSA) is 39.4 Å². The minimum atomic E-state index is -0.0481. The van der Waals surface area contributed by atoms with Gasteiger partial charge >= 0.3 is 0 Å². The number of ketones is 1. The van der Waals surface area contributed by atoms with E-state index in [2.05, 4.69) is 12.1 Å². The lowest BCUT2D eigenvalue weighted by Crippen LogP contribution is -2.10. The van der Waals surface area contributed by atoms with Crippen LogP contribution in [0, 0.1) is 0 Å². The summed E-state index contributed by atoms with van der Waals surface area (Å²) in [5, 5.41) is 0.842. The van der Waals surface area contributed by atoms with Crippen molar-refractivity contribution in [2.45, 2.75) is 6.42 Å². The van der Waals surface area contributed by atoms with Gasteiger partial charge in [-0.1, -0.05) is 48.5 Å². The Morgan fingerprint density at radius 1 is 1.00 bits per heavy atom. The molecule has 0 atom stereocenters. The van der Waals surface area contributed by atoms with E-state index in [1.165, 1.54) is 11.8 Å². The van der Waals surface area contributed by atoms with Gasteiger partial charge in [0.1, 0.15) is 18.5 Å². The Labute approximate surface area is 123 Å². The van der Waals surface area contributed by atoms with Gasteiger partial charge in [-0.3, -0.25) is 4.79 Å². The van der Waals surface area contributed by atoms with Crippen LogP contribution in [-0.4, -0.2) is 19.0 Å². The number of Topliss-reactive ketones (excluding diaryl/α,β-unsaturated/α-hetero) is 1. The molecule has 1 aromatic heterocycles. The molecule has 0 bridgehead atoms. The van der Waals surface area contributed by atoms with Crippen molar-refractivity contribution >= 4 is 16.8 Å². The fourth-order valence-corrected chi connectivity index (χ4v) is 2.27. The molecule has 0 saturated heterocycles. The van der Waals surface area contributed by atoms with E-state index in [0.29, 0.717) is 12.2 Å². The van der Waals surface area contributed by atoms with Crippen molar-refractivity contribution in [2.24, 2.45) is 0 Å². The highest BCUT2D eigenvalue weighted by Crippen LogP contribution is 2.21. The highest BCUT2D eigenvalue weighted by molar-refractivity contribution is 6.07. The Bertz CT molecular complexity index is 728. The first-order valence-corrected chi connectivity index (χ1v) is 6.96. The number of ether oxygens (including phenoxy) is 1. The number of fused-ring (bicyclic) bond motifs is 1. The average Bonchev–Trinajstić information content (AvgIpc) is 2.96. The number of carbonyl (C=O) groups excluding carboxylic acids is 1. The molecule has 0 fully saturated rings. The third kappa shape index (κ3) is 3.20. The van der Waals surface area contributed by atoms with Gasteiger partial charge in [0.25, 0.3) is 0 Å². The Morgan fingerprint density at radius 3 is 2.62 bits per heavy atom. The Balaban J connectivity index is 1.55. The standard InChI is InChI=1S/C18H16O3/c19-17(13-20-11-10-14-6-2-1-3-7-14)16-12-21-18-9-5-4-8-15(16)18/h1-9,12H,10-11,13H2. The van der Waals surface area contributed by atoms with Crippen LogP contribution in [0.25, 0.3) is 11.0 Å². The number of para-hydroxylation sites is 1. The van der Waals surface area contributed by atoms with Gasteiger partial charge in [-0.25, -0.2) is 0 Å². The van der Waals surface area contributed by atoms with E-state index in [-0.39, 0.29) is 12.4 Å². The summed E-state index contributed by atoms with van der Waals surface area (Å²) in [7, 11) is 0. The van der Waals surface area contributed by atoms with Crippen LogP contribution >= 0.6 is 0 Å². The lowest BCUT2D eigenvalue weighted by atomic mass is 10.1. The van der Waals surface area contributed by atoms with E-state index in [1.54, 1.807) is 0 Å². The number of carbonyl (C=O) groups is 1. The van der Waals surface area contributed by atoms with Crippen LogP contribution in [0.4, 0.5) is 0 Å². The zero-order chi connectivity index (χ0) is 14.5. The van der Waals surface area contributed by atoms with Crippen LogP contribution in [0.1, 0.15) is 15.9 Å². The average molecular weight is 280 g/mol. The summed E-state index contributed by atoms with van der Waals surface area (Å²) >= 11 is 0. The van der Waals surface area contributed by atoms with E-state index in [1.807, 2.05) is 42.5 Å². The number of benzene rings is 2. The van der Waals surface area contributed by atoms with Crippen molar-refractivity contribution in [3.8, 4) is 0 Å². The highest BCUT2D eigenvalue weighted by Gasteiger charge is 2.13. The predicted molar refractivity (Wildman–Crippen MR) is 81.5 cm³/mol. The third-order valence-corrected chi connectivity index (χ3v) is 3.39. The smallest absolute Gasteiger partial charge is 0.192 e. The largest absolute Gasteiger partial charge is 0.464 e. The second-order valence-corrected chi connectivity index (χ2v) is 4.86. The monoisotopic (exact) mass is 280 g/mol. The second-order valence-electron chi connectivity index (χ2n) is 4.86. The Morgan fingerprint density at radius 2 is 1.76 bits per heavy atom. The molecule has 0 unspecified atom stereocenters. The van der Waals surface area contributed by atoms with Crippen LogP contribution in [0.5, 0.6) is 0 Å². The molecular weight excluding hydrogens is 264 g/mol. The minimum absolute atomic E-state index is 0.0481. The first-order chi connectivity index (χ1) is 10.3. The molecule has 106 valence electrons. The molecule has 0 spiro atoms. The molecule has 21 heavy (non-hydrogen) atoms. The van der Waals surface area contributed by atoms with Gasteiger partial charge in [0.2, 0.25) is 0 Å². The van der Waals surface area contributed by atoms with Gasteiger partial charge in [0.15, 0.2) is 5.78 Å². The van der Waals surface area contributed by atoms with Gasteiger partial charge in [0.05, 0.1) is 12.2 Å². The molecule has 3 aromatic rings. The van der Waals surface area contributed by atoms with Crippen LogP contribution in [0.15, 0.2) is 65.3 Å². The molecule has 0 aliphatic heterocycles. The Hall–Kier alpha value is -2.39. The molecule has 0 radical (unpaired) electrons. The fraction of sp³-hybridized carbons (Fsp3) is 0.167. The number of rotatable bonds is 6. The second kappa shape index (κ2) is 6.37. The van der Waals surface area contributed by atoms with Crippen molar-refractivity contribution < 1.29 is 13.9 Å².